The lowest BCUT2D eigenvalue weighted by Gasteiger charge is -2.39. The molecule has 232 valence electrons. The quantitative estimate of drug-likeness (QED) is 0.316. The van der Waals surface area contributed by atoms with Gasteiger partial charge in [0.1, 0.15) is 10.6 Å². The monoisotopic (exact) mass is 605 g/mol. The fourth-order valence-electron chi connectivity index (χ4n) is 6.62. The van der Waals surface area contributed by atoms with Crippen LogP contribution in [0.2, 0.25) is 0 Å². The van der Waals surface area contributed by atoms with Crippen LogP contribution < -0.4 is 9.64 Å². The van der Waals surface area contributed by atoms with Crippen molar-refractivity contribution in [3.8, 4) is 17.6 Å². The molecule has 8 heteroatoms. The standard InChI is InChI=1S/C35H47N3O4S/c1-24-7-9-25(10-8-24)33(39)38(31-22-30(15-17-35(2,3)4)43-32(31)34(40)41)27-11-13-28(14-12-27)42-29-16-18-36-26(21-29)23-37-19-5-6-20-37/h16,18,21-22,24-25,27-28H,5-14,19-20,23H2,1-4H3,(H,40,41). The summed E-state index contributed by atoms with van der Waals surface area (Å²) in [5, 5.41) is 10.2. The molecule has 0 atom stereocenters. The lowest BCUT2D eigenvalue weighted by molar-refractivity contribution is -0.124. The summed E-state index contributed by atoms with van der Waals surface area (Å²) >= 11 is 1.18. The van der Waals surface area contributed by atoms with Crippen LogP contribution in [-0.2, 0) is 11.3 Å². The molecule has 43 heavy (non-hydrogen) atoms. The van der Waals surface area contributed by atoms with Crippen LogP contribution in [-0.4, -0.2) is 52.1 Å². The molecule has 1 saturated heterocycles. The summed E-state index contributed by atoms with van der Waals surface area (Å²) in [6, 6.07) is 5.78. The van der Waals surface area contributed by atoms with E-state index in [0.717, 1.165) is 82.4 Å². The van der Waals surface area contributed by atoms with E-state index < -0.39 is 5.97 Å². The molecule has 3 aliphatic rings. The van der Waals surface area contributed by atoms with Crippen LogP contribution in [0.5, 0.6) is 5.75 Å². The van der Waals surface area contributed by atoms with Gasteiger partial charge in [-0.05, 0) is 116 Å². The van der Waals surface area contributed by atoms with Crippen molar-refractivity contribution in [2.45, 2.75) is 111 Å². The number of likely N-dealkylation sites (tertiary alicyclic amines) is 1. The van der Waals surface area contributed by atoms with Gasteiger partial charge in [-0.25, -0.2) is 4.79 Å². The molecule has 0 unspecified atom stereocenters. The molecule has 3 fully saturated rings. The summed E-state index contributed by atoms with van der Waals surface area (Å²) in [6.45, 7) is 11.5. The van der Waals surface area contributed by atoms with E-state index in [9.17, 15) is 14.7 Å². The average molecular weight is 606 g/mol. The Balaban J connectivity index is 1.33. The Hall–Kier alpha value is -2.89. The highest BCUT2D eigenvalue weighted by molar-refractivity contribution is 7.15. The number of amides is 1. The maximum absolute atomic E-state index is 14.2. The number of ether oxygens (including phenoxy) is 1. The van der Waals surface area contributed by atoms with Gasteiger partial charge in [0.2, 0.25) is 5.91 Å². The number of hydrogen-bond donors (Lipinski definition) is 1. The van der Waals surface area contributed by atoms with Gasteiger partial charge in [-0.15, -0.1) is 11.3 Å². The first-order chi connectivity index (χ1) is 20.6. The Morgan fingerprint density at radius 2 is 1.77 bits per heavy atom. The van der Waals surface area contributed by atoms with Gasteiger partial charge in [-0.2, -0.15) is 0 Å². The molecule has 0 aromatic carbocycles. The van der Waals surface area contributed by atoms with E-state index in [1.54, 1.807) is 0 Å². The second-order valence-electron chi connectivity index (χ2n) is 13.8. The Morgan fingerprint density at radius 3 is 2.42 bits per heavy atom. The summed E-state index contributed by atoms with van der Waals surface area (Å²) in [4.78, 5) is 36.4. The summed E-state index contributed by atoms with van der Waals surface area (Å²) in [5.41, 5.74) is 1.35. The molecule has 1 N–H and O–H groups in total. The maximum Gasteiger partial charge on any atom is 0.348 e. The van der Waals surface area contributed by atoms with E-state index in [1.807, 2.05) is 44.0 Å². The zero-order valence-corrected chi connectivity index (χ0v) is 27.0. The first-order valence-corrected chi connectivity index (χ1v) is 16.9. The van der Waals surface area contributed by atoms with E-state index in [2.05, 4.69) is 34.7 Å². The smallest absolute Gasteiger partial charge is 0.348 e. The van der Waals surface area contributed by atoms with Gasteiger partial charge in [0.25, 0.3) is 0 Å². The topological polar surface area (TPSA) is 83.0 Å². The number of pyridine rings is 1. The van der Waals surface area contributed by atoms with Crippen molar-refractivity contribution >= 4 is 28.9 Å². The molecular formula is C35H47N3O4S. The Morgan fingerprint density at radius 1 is 1.07 bits per heavy atom. The number of rotatable bonds is 8. The molecule has 2 aromatic rings. The number of anilines is 1. The summed E-state index contributed by atoms with van der Waals surface area (Å²) < 4.78 is 6.44. The van der Waals surface area contributed by atoms with Crippen molar-refractivity contribution < 1.29 is 19.4 Å². The van der Waals surface area contributed by atoms with E-state index in [4.69, 9.17) is 4.74 Å². The van der Waals surface area contributed by atoms with Crippen molar-refractivity contribution in [3.63, 3.8) is 0 Å². The van der Waals surface area contributed by atoms with Crippen molar-refractivity contribution in [2.24, 2.45) is 17.3 Å². The van der Waals surface area contributed by atoms with Gasteiger partial charge >= 0.3 is 5.97 Å². The Kier molecular flexibility index (Phi) is 10.1. The van der Waals surface area contributed by atoms with Crippen LogP contribution in [0.3, 0.4) is 0 Å². The predicted octanol–water partition coefficient (Wildman–Crippen LogP) is 7.38. The lowest BCUT2D eigenvalue weighted by Crippen LogP contribution is -2.47. The third kappa shape index (κ3) is 8.39. The van der Waals surface area contributed by atoms with Crippen LogP contribution in [0.25, 0.3) is 0 Å². The molecule has 0 spiro atoms. The van der Waals surface area contributed by atoms with Gasteiger partial charge in [0.05, 0.1) is 22.4 Å². The molecule has 7 nitrogen and oxygen atoms in total. The molecule has 2 saturated carbocycles. The van der Waals surface area contributed by atoms with Crippen LogP contribution in [0.1, 0.15) is 112 Å². The molecule has 1 amide bonds. The molecule has 0 bridgehead atoms. The molecule has 2 aliphatic carbocycles. The SMILES string of the molecule is CC1CCC(C(=O)N(c2cc(C#CC(C)(C)C)sc2C(=O)O)C2CCC(Oc3ccnc(CN4CCCC4)c3)CC2)CC1. The highest BCUT2D eigenvalue weighted by Gasteiger charge is 2.38. The van der Waals surface area contributed by atoms with Crippen molar-refractivity contribution in [1.82, 2.24) is 9.88 Å². The van der Waals surface area contributed by atoms with E-state index in [0.29, 0.717) is 16.5 Å². The second-order valence-corrected chi connectivity index (χ2v) is 14.9. The third-order valence-electron chi connectivity index (χ3n) is 9.01. The number of hydrogen-bond acceptors (Lipinski definition) is 6. The number of carboxylic acids is 1. The van der Waals surface area contributed by atoms with Crippen LogP contribution >= 0.6 is 11.3 Å². The highest BCUT2D eigenvalue weighted by atomic mass is 32.1. The number of carboxylic acid groups (broad SMARTS) is 1. The normalized spacial score (nSPS) is 24.7. The molecule has 2 aromatic heterocycles. The van der Waals surface area contributed by atoms with Crippen LogP contribution in [0, 0.1) is 29.1 Å². The van der Waals surface area contributed by atoms with Crippen molar-refractivity contribution in [2.75, 3.05) is 18.0 Å². The summed E-state index contributed by atoms with van der Waals surface area (Å²) in [6.07, 6.45) is 11.3. The molecule has 5 rings (SSSR count). The summed E-state index contributed by atoms with van der Waals surface area (Å²) in [5.74, 6) is 6.90. The van der Waals surface area contributed by atoms with E-state index in [1.165, 1.54) is 24.2 Å². The zero-order valence-electron chi connectivity index (χ0n) is 26.2. The minimum Gasteiger partial charge on any atom is -0.490 e. The van der Waals surface area contributed by atoms with E-state index >= 15 is 0 Å². The lowest BCUT2D eigenvalue weighted by atomic mass is 9.81. The Labute approximate surface area is 261 Å². The minimum absolute atomic E-state index is 0.0559. The second kappa shape index (κ2) is 13.8. The Bertz CT molecular complexity index is 1330. The predicted molar refractivity (Wildman–Crippen MR) is 172 cm³/mol. The first-order valence-electron chi connectivity index (χ1n) is 16.1. The van der Waals surface area contributed by atoms with Crippen molar-refractivity contribution in [1.29, 1.82) is 0 Å². The fraction of sp³-hybridized carbons (Fsp3) is 0.629. The largest absolute Gasteiger partial charge is 0.490 e. The average Bonchev–Trinajstić information content (AvgIpc) is 3.64. The van der Waals surface area contributed by atoms with Gasteiger partial charge in [-0.1, -0.05) is 18.8 Å². The highest BCUT2D eigenvalue weighted by Crippen LogP contribution is 2.39. The van der Waals surface area contributed by atoms with Gasteiger partial charge in [0.15, 0.2) is 0 Å². The van der Waals surface area contributed by atoms with Gasteiger partial charge in [0, 0.05) is 36.2 Å². The number of aromatic carboxylic acids is 1. The molecule has 3 heterocycles. The van der Waals surface area contributed by atoms with E-state index in [-0.39, 0.29) is 34.3 Å². The minimum atomic E-state index is -1.00. The van der Waals surface area contributed by atoms with Crippen molar-refractivity contribution in [3.05, 3.63) is 39.8 Å². The van der Waals surface area contributed by atoms with Gasteiger partial charge in [-0.3, -0.25) is 14.7 Å². The first kappa shape index (κ1) is 31.5. The number of carbonyl (C=O) groups is 2. The van der Waals surface area contributed by atoms with Crippen LogP contribution in [0.15, 0.2) is 24.4 Å². The molecule has 0 radical (unpaired) electrons. The maximum atomic E-state index is 14.2. The number of thiophene rings is 1. The number of aromatic nitrogens is 1. The molecular weight excluding hydrogens is 558 g/mol. The third-order valence-corrected chi connectivity index (χ3v) is 10.0. The van der Waals surface area contributed by atoms with Gasteiger partial charge < -0.3 is 14.7 Å². The fourth-order valence-corrected chi connectivity index (χ4v) is 7.46. The van der Waals surface area contributed by atoms with Crippen LogP contribution in [0.4, 0.5) is 5.69 Å². The number of nitrogens with zero attached hydrogens (tertiary/aromatic N) is 3. The summed E-state index contributed by atoms with van der Waals surface area (Å²) in [7, 11) is 0. The molecule has 1 aliphatic heterocycles. The number of carbonyl (C=O) groups excluding carboxylic acids is 1. The zero-order chi connectivity index (χ0) is 30.6.